The van der Waals surface area contributed by atoms with Crippen LogP contribution in [0.2, 0.25) is 0 Å². The lowest BCUT2D eigenvalue weighted by atomic mass is 10.1. The Balaban J connectivity index is 3.17. The molecule has 0 radical (unpaired) electrons. The van der Waals surface area contributed by atoms with E-state index in [2.05, 4.69) is 36.8 Å². The van der Waals surface area contributed by atoms with E-state index in [0.29, 0.717) is 5.69 Å². The van der Waals surface area contributed by atoms with E-state index in [4.69, 9.17) is 5.73 Å². The molecule has 2 atom stereocenters. The van der Waals surface area contributed by atoms with Crippen LogP contribution in [0.1, 0.15) is 24.2 Å². The first-order chi connectivity index (χ1) is 6.45. The van der Waals surface area contributed by atoms with Crippen LogP contribution in [0.4, 0.5) is 0 Å². The summed E-state index contributed by atoms with van der Waals surface area (Å²) in [5, 5.41) is 9.36. The second kappa shape index (κ2) is 4.70. The number of nitrogens with two attached hydrogens (primary N) is 1. The number of aliphatic hydroxyl groups excluding tert-OH is 1. The zero-order valence-corrected chi connectivity index (χ0v) is 11.1. The summed E-state index contributed by atoms with van der Waals surface area (Å²) >= 11 is 6.79. The fourth-order valence-corrected chi connectivity index (χ4v) is 2.18. The van der Waals surface area contributed by atoms with E-state index in [1.807, 2.05) is 6.92 Å². The average Bonchev–Trinajstić information content (AvgIpc) is 2.13. The molecule has 1 heterocycles. The van der Waals surface area contributed by atoms with E-state index in [9.17, 15) is 5.11 Å². The van der Waals surface area contributed by atoms with Gasteiger partial charge in [-0.2, -0.15) is 0 Å². The van der Waals surface area contributed by atoms with Gasteiger partial charge in [0.05, 0.1) is 17.8 Å². The molecule has 0 saturated heterocycles. The summed E-state index contributed by atoms with van der Waals surface area (Å²) in [5.74, 6) is 0. The predicted octanol–water partition coefficient (Wildman–Crippen LogP) is 2.30. The smallest absolute Gasteiger partial charge is 0.0742 e. The summed E-state index contributed by atoms with van der Waals surface area (Å²) in [6.45, 7) is 3.60. The van der Waals surface area contributed by atoms with Crippen molar-refractivity contribution in [3.8, 4) is 0 Å². The summed E-state index contributed by atoms with van der Waals surface area (Å²) in [6, 6.07) is -0.462. The second-order valence-corrected chi connectivity index (χ2v) is 4.84. The Labute approximate surface area is 100.0 Å². The predicted molar refractivity (Wildman–Crippen MR) is 63.0 cm³/mol. The maximum absolute atomic E-state index is 9.36. The molecule has 5 heteroatoms. The van der Waals surface area contributed by atoms with Gasteiger partial charge in [0.2, 0.25) is 0 Å². The fourth-order valence-electron chi connectivity index (χ4n) is 1.04. The highest BCUT2D eigenvalue weighted by Crippen LogP contribution is 2.29. The van der Waals surface area contributed by atoms with Crippen molar-refractivity contribution in [3.63, 3.8) is 0 Å². The van der Waals surface area contributed by atoms with Crippen molar-refractivity contribution in [2.24, 2.45) is 5.73 Å². The maximum atomic E-state index is 9.36. The van der Waals surface area contributed by atoms with Crippen LogP contribution >= 0.6 is 31.9 Å². The lowest BCUT2D eigenvalue weighted by molar-refractivity contribution is 0.162. The van der Waals surface area contributed by atoms with E-state index in [1.54, 1.807) is 13.1 Å². The van der Waals surface area contributed by atoms with E-state index >= 15 is 0 Å². The second-order valence-electron chi connectivity index (χ2n) is 3.20. The van der Waals surface area contributed by atoms with Crippen LogP contribution in [-0.4, -0.2) is 16.2 Å². The fraction of sp³-hybridized carbons (Fsp3) is 0.444. The Morgan fingerprint density at radius 3 is 2.57 bits per heavy atom. The summed E-state index contributed by atoms with van der Waals surface area (Å²) in [7, 11) is 0. The zero-order chi connectivity index (χ0) is 10.9. The number of halogens is 2. The number of nitrogens with zero attached hydrogens (tertiary/aromatic N) is 1. The minimum absolute atomic E-state index is 0.462. The minimum atomic E-state index is -0.612. The monoisotopic (exact) mass is 322 g/mol. The van der Waals surface area contributed by atoms with Gasteiger partial charge in [-0.3, -0.25) is 4.98 Å². The molecule has 3 N–H and O–H groups in total. The molecule has 0 saturated carbocycles. The highest BCUT2D eigenvalue weighted by molar-refractivity contribution is 9.11. The van der Waals surface area contributed by atoms with E-state index in [0.717, 1.165) is 14.5 Å². The van der Waals surface area contributed by atoms with Crippen LogP contribution in [0, 0.1) is 6.92 Å². The lowest BCUT2D eigenvalue weighted by Crippen LogP contribution is -2.24. The number of aromatic nitrogens is 1. The van der Waals surface area contributed by atoms with Crippen LogP contribution in [0.5, 0.6) is 0 Å². The quantitative estimate of drug-likeness (QED) is 0.878. The average molecular weight is 324 g/mol. The van der Waals surface area contributed by atoms with Gasteiger partial charge in [0.25, 0.3) is 0 Å². The molecule has 1 rings (SSSR count). The summed E-state index contributed by atoms with van der Waals surface area (Å²) in [6.07, 6.45) is 1.08. The van der Waals surface area contributed by atoms with Gasteiger partial charge in [-0.25, -0.2) is 0 Å². The normalized spacial score (nSPS) is 15.3. The molecule has 0 aliphatic heterocycles. The molecule has 0 amide bonds. The third kappa shape index (κ3) is 2.34. The van der Waals surface area contributed by atoms with Crippen LogP contribution in [-0.2, 0) is 0 Å². The SMILES string of the molecule is Cc1c(Br)cnc([C@@H](N)[C@@H](C)O)c1Br. The van der Waals surface area contributed by atoms with Crippen LogP contribution in [0.15, 0.2) is 15.1 Å². The Morgan fingerprint density at radius 1 is 1.50 bits per heavy atom. The van der Waals surface area contributed by atoms with Gasteiger partial charge < -0.3 is 10.8 Å². The molecule has 0 aromatic carbocycles. The Kier molecular flexibility index (Phi) is 4.06. The first-order valence-electron chi connectivity index (χ1n) is 4.19. The van der Waals surface area contributed by atoms with Crippen LogP contribution < -0.4 is 5.73 Å². The zero-order valence-electron chi connectivity index (χ0n) is 7.96. The number of aliphatic hydroxyl groups is 1. The van der Waals surface area contributed by atoms with Crippen molar-refractivity contribution in [1.29, 1.82) is 0 Å². The van der Waals surface area contributed by atoms with Gasteiger partial charge in [-0.15, -0.1) is 0 Å². The molecule has 0 fully saturated rings. The van der Waals surface area contributed by atoms with Crippen molar-refractivity contribution in [3.05, 3.63) is 26.4 Å². The molecule has 3 nitrogen and oxygen atoms in total. The highest BCUT2D eigenvalue weighted by atomic mass is 79.9. The maximum Gasteiger partial charge on any atom is 0.0742 e. The van der Waals surface area contributed by atoms with Gasteiger partial charge in [0.15, 0.2) is 0 Å². The van der Waals surface area contributed by atoms with Crippen molar-refractivity contribution in [1.82, 2.24) is 4.98 Å². The number of hydrogen-bond acceptors (Lipinski definition) is 3. The Hall–Kier alpha value is 0.0300. The van der Waals surface area contributed by atoms with E-state index in [-0.39, 0.29) is 0 Å². The lowest BCUT2D eigenvalue weighted by Gasteiger charge is -2.17. The third-order valence-electron chi connectivity index (χ3n) is 2.06. The number of rotatable bonds is 2. The van der Waals surface area contributed by atoms with E-state index < -0.39 is 12.1 Å². The third-order valence-corrected chi connectivity index (χ3v) is 3.87. The topological polar surface area (TPSA) is 59.1 Å². The van der Waals surface area contributed by atoms with Gasteiger partial charge >= 0.3 is 0 Å². The van der Waals surface area contributed by atoms with Crippen molar-refractivity contribution in [2.45, 2.75) is 26.0 Å². The summed E-state index contributed by atoms with van der Waals surface area (Å²) in [4.78, 5) is 4.18. The standard InChI is InChI=1S/C9H12Br2N2O/c1-4-6(10)3-13-9(7(4)11)8(12)5(2)14/h3,5,8,14H,12H2,1-2H3/t5-,8+/m1/s1. The largest absolute Gasteiger partial charge is 0.391 e. The van der Waals surface area contributed by atoms with Gasteiger partial charge in [-0.1, -0.05) is 0 Å². The first-order valence-corrected chi connectivity index (χ1v) is 5.78. The van der Waals surface area contributed by atoms with Crippen LogP contribution in [0.3, 0.4) is 0 Å². The molecule has 1 aromatic rings. The molecule has 14 heavy (non-hydrogen) atoms. The molecule has 1 aromatic heterocycles. The van der Waals surface area contributed by atoms with Crippen molar-refractivity contribution in [2.75, 3.05) is 0 Å². The van der Waals surface area contributed by atoms with Crippen molar-refractivity contribution < 1.29 is 5.11 Å². The van der Waals surface area contributed by atoms with Gasteiger partial charge in [0, 0.05) is 15.1 Å². The number of pyridine rings is 1. The number of hydrogen-bond donors (Lipinski definition) is 2. The van der Waals surface area contributed by atoms with Crippen molar-refractivity contribution >= 4 is 31.9 Å². The molecular weight excluding hydrogens is 312 g/mol. The Bertz CT molecular complexity index is 342. The summed E-state index contributed by atoms with van der Waals surface area (Å²) in [5.41, 5.74) is 7.51. The summed E-state index contributed by atoms with van der Waals surface area (Å²) < 4.78 is 1.77. The molecule has 0 bridgehead atoms. The minimum Gasteiger partial charge on any atom is -0.391 e. The van der Waals surface area contributed by atoms with E-state index in [1.165, 1.54) is 0 Å². The van der Waals surface area contributed by atoms with Gasteiger partial charge in [-0.05, 0) is 51.3 Å². The molecular formula is C9H12Br2N2O. The first kappa shape index (κ1) is 12.1. The highest BCUT2D eigenvalue weighted by Gasteiger charge is 2.18. The molecule has 0 aliphatic carbocycles. The Morgan fingerprint density at radius 2 is 2.07 bits per heavy atom. The molecule has 0 unspecified atom stereocenters. The van der Waals surface area contributed by atoms with Crippen LogP contribution in [0.25, 0.3) is 0 Å². The molecule has 0 spiro atoms. The van der Waals surface area contributed by atoms with Gasteiger partial charge in [0.1, 0.15) is 0 Å². The molecule has 78 valence electrons. The molecule has 0 aliphatic rings.